The van der Waals surface area contributed by atoms with Crippen molar-refractivity contribution in [2.75, 3.05) is 13.1 Å². The van der Waals surface area contributed by atoms with Crippen LogP contribution in [0.15, 0.2) is 47.1 Å². The molecule has 0 unspecified atom stereocenters. The molecule has 0 bridgehead atoms. The molecule has 1 aromatic carbocycles. The predicted molar refractivity (Wildman–Crippen MR) is 91.7 cm³/mol. The van der Waals surface area contributed by atoms with Crippen LogP contribution < -0.4 is 16.0 Å². The van der Waals surface area contributed by atoms with Gasteiger partial charge in [-0.25, -0.2) is 0 Å². The molecule has 3 amide bonds. The second-order valence-electron chi connectivity index (χ2n) is 5.51. The van der Waals surface area contributed by atoms with E-state index in [4.69, 9.17) is 4.42 Å². The van der Waals surface area contributed by atoms with Gasteiger partial charge in [-0.05, 0) is 31.2 Å². The second kappa shape index (κ2) is 9.27. The molecule has 0 radical (unpaired) electrons. The lowest BCUT2D eigenvalue weighted by Gasteiger charge is -2.07. The third-order valence-corrected chi connectivity index (χ3v) is 3.40. The Morgan fingerprint density at radius 1 is 1.00 bits per heavy atom. The molecule has 2 rings (SSSR count). The molecular weight excluding hydrogens is 322 g/mol. The third kappa shape index (κ3) is 6.50. The fraction of sp³-hybridized carbons (Fsp3) is 0.278. The Morgan fingerprint density at radius 3 is 2.56 bits per heavy atom. The van der Waals surface area contributed by atoms with Crippen LogP contribution in [-0.4, -0.2) is 30.8 Å². The van der Waals surface area contributed by atoms with Gasteiger partial charge >= 0.3 is 0 Å². The number of benzene rings is 1. The van der Waals surface area contributed by atoms with Crippen LogP contribution >= 0.6 is 0 Å². The highest BCUT2D eigenvalue weighted by Crippen LogP contribution is 2.03. The topological polar surface area (TPSA) is 100 Å². The first-order chi connectivity index (χ1) is 12.0. The summed E-state index contributed by atoms with van der Waals surface area (Å²) in [6.07, 6.45) is 1.62. The van der Waals surface area contributed by atoms with Crippen LogP contribution in [0.5, 0.6) is 0 Å². The summed E-state index contributed by atoms with van der Waals surface area (Å²) in [5.41, 5.74) is 1.55. The van der Waals surface area contributed by atoms with Crippen LogP contribution in [0.2, 0.25) is 0 Å². The highest BCUT2D eigenvalue weighted by Gasteiger charge is 2.08. The molecule has 0 aliphatic heterocycles. The Bertz CT molecular complexity index is 726. The minimum absolute atomic E-state index is 0.100. The van der Waals surface area contributed by atoms with Gasteiger partial charge in [-0.2, -0.15) is 0 Å². The molecule has 0 aliphatic rings. The predicted octanol–water partition coefficient (Wildman–Crippen LogP) is 1.14. The first kappa shape index (κ1) is 18.3. The Hall–Kier alpha value is -3.09. The van der Waals surface area contributed by atoms with E-state index < -0.39 is 0 Å². The van der Waals surface area contributed by atoms with Crippen molar-refractivity contribution in [2.24, 2.45) is 0 Å². The van der Waals surface area contributed by atoms with E-state index in [0.717, 1.165) is 5.56 Å². The molecule has 2 aromatic rings. The van der Waals surface area contributed by atoms with Crippen molar-refractivity contribution < 1.29 is 18.8 Å². The molecule has 0 fully saturated rings. The maximum absolute atomic E-state index is 11.9. The largest absolute Gasteiger partial charge is 0.467 e. The quantitative estimate of drug-likeness (QED) is 0.669. The smallest absolute Gasteiger partial charge is 0.251 e. The minimum Gasteiger partial charge on any atom is -0.467 e. The number of amides is 3. The summed E-state index contributed by atoms with van der Waals surface area (Å²) in [6.45, 7) is 2.26. The highest BCUT2D eigenvalue weighted by molar-refractivity contribution is 5.94. The molecule has 0 saturated carbocycles. The zero-order valence-electron chi connectivity index (χ0n) is 14.0. The Morgan fingerprint density at radius 2 is 1.84 bits per heavy atom. The van der Waals surface area contributed by atoms with Gasteiger partial charge in [-0.3, -0.25) is 14.4 Å². The molecule has 0 saturated heterocycles. The molecule has 25 heavy (non-hydrogen) atoms. The molecule has 1 heterocycles. The SMILES string of the molecule is Cc1cccc(C(=O)NCCC(=O)NCC(=O)NCc2ccco2)c1. The summed E-state index contributed by atoms with van der Waals surface area (Å²) in [7, 11) is 0. The van der Waals surface area contributed by atoms with Gasteiger partial charge in [-0.15, -0.1) is 0 Å². The summed E-state index contributed by atoms with van der Waals surface area (Å²) in [5, 5.41) is 7.80. The normalized spacial score (nSPS) is 10.1. The summed E-state index contributed by atoms with van der Waals surface area (Å²) in [6, 6.07) is 10.7. The van der Waals surface area contributed by atoms with Gasteiger partial charge in [0.1, 0.15) is 5.76 Å². The molecule has 0 atom stereocenters. The van der Waals surface area contributed by atoms with Gasteiger partial charge in [0.25, 0.3) is 5.91 Å². The van der Waals surface area contributed by atoms with Gasteiger partial charge in [0.15, 0.2) is 0 Å². The molecular formula is C18H21N3O4. The van der Waals surface area contributed by atoms with E-state index in [2.05, 4.69) is 16.0 Å². The van der Waals surface area contributed by atoms with Crippen molar-refractivity contribution in [3.8, 4) is 0 Å². The monoisotopic (exact) mass is 343 g/mol. The zero-order valence-corrected chi connectivity index (χ0v) is 14.0. The molecule has 132 valence electrons. The van der Waals surface area contributed by atoms with Gasteiger partial charge in [0, 0.05) is 18.5 Å². The van der Waals surface area contributed by atoms with E-state index in [9.17, 15) is 14.4 Å². The maximum atomic E-state index is 11.9. The molecule has 3 N–H and O–H groups in total. The van der Waals surface area contributed by atoms with E-state index in [0.29, 0.717) is 11.3 Å². The number of rotatable bonds is 8. The second-order valence-corrected chi connectivity index (χ2v) is 5.51. The zero-order chi connectivity index (χ0) is 18.1. The van der Waals surface area contributed by atoms with Crippen molar-refractivity contribution in [1.29, 1.82) is 0 Å². The van der Waals surface area contributed by atoms with Crippen LogP contribution in [0.4, 0.5) is 0 Å². The maximum Gasteiger partial charge on any atom is 0.251 e. The lowest BCUT2D eigenvalue weighted by Crippen LogP contribution is -2.38. The van der Waals surface area contributed by atoms with Crippen LogP contribution in [0.3, 0.4) is 0 Å². The number of nitrogens with one attached hydrogen (secondary N) is 3. The first-order valence-corrected chi connectivity index (χ1v) is 7.95. The molecule has 1 aromatic heterocycles. The summed E-state index contributed by atoms with van der Waals surface area (Å²) >= 11 is 0. The van der Waals surface area contributed by atoms with Gasteiger partial charge in [-0.1, -0.05) is 17.7 Å². The van der Waals surface area contributed by atoms with Crippen molar-refractivity contribution in [2.45, 2.75) is 19.9 Å². The van der Waals surface area contributed by atoms with Gasteiger partial charge in [0.2, 0.25) is 11.8 Å². The van der Waals surface area contributed by atoms with E-state index in [1.165, 1.54) is 6.26 Å². The fourth-order valence-electron chi connectivity index (χ4n) is 2.11. The molecule has 0 spiro atoms. The van der Waals surface area contributed by atoms with E-state index in [-0.39, 0.29) is 43.8 Å². The molecule has 7 heteroatoms. The lowest BCUT2D eigenvalue weighted by atomic mass is 10.1. The number of hydrogen-bond donors (Lipinski definition) is 3. The van der Waals surface area contributed by atoms with E-state index in [1.807, 2.05) is 13.0 Å². The van der Waals surface area contributed by atoms with Crippen LogP contribution in [0.25, 0.3) is 0 Å². The van der Waals surface area contributed by atoms with Crippen LogP contribution in [-0.2, 0) is 16.1 Å². The average molecular weight is 343 g/mol. The Kier molecular flexibility index (Phi) is 6.76. The number of hydrogen-bond acceptors (Lipinski definition) is 4. The Balaban J connectivity index is 1.60. The summed E-state index contributed by atoms with van der Waals surface area (Å²) in [5.74, 6) is -0.211. The fourth-order valence-corrected chi connectivity index (χ4v) is 2.11. The molecule has 7 nitrogen and oxygen atoms in total. The molecule has 0 aliphatic carbocycles. The average Bonchev–Trinajstić information content (AvgIpc) is 3.11. The van der Waals surface area contributed by atoms with Crippen molar-refractivity contribution in [3.05, 3.63) is 59.5 Å². The van der Waals surface area contributed by atoms with Crippen molar-refractivity contribution in [1.82, 2.24) is 16.0 Å². The number of carbonyl (C=O) groups is 3. The van der Waals surface area contributed by atoms with Gasteiger partial charge in [0.05, 0.1) is 19.4 Å². The Labute approximate surface area is 145 Å². The standard InChI is InChI=1S/C18H21N3O4/c1-13-4-2-5-14(10-13)18(24)19-8-7-16(22)21-12-17(23)20-11-15-6-3-9-25-15/h2-6,9-10H,7-8,11-12H2,1H3,(H,19,24)(H,20,23)(H,21,22). The number of carbonyl (C=O) groups excluding carboxylic acids is 3. The van der Waals surface area contributed by atoms with E-state index in [1.54, 1.807) is 30.3 Å². The number of furan rings is 1. The lowest BCUT2D eigenvalue weighted by molar-refractivity contribution is -0.126. The number of aryl methyl sites for hydroxylation is 1. The van der Waals surface area contributed by atoms with Crippen LogP contribution in [0, 0.1) is 6.92 Å². The van der Waals surface area contributed by atoms with Crippen molar-refractivity contribution in [3.63, 3.8) is 0 Å². The summed E-state index contributed by atoms with van der Waals surface area (Å²) < 4.78 is 5.09. The van der Waals surface area contributed by atoms with Crippen molar-refractivity contribution >= 4 is 17.7 Å². The van der Waals surface area contributed by atoms with Gasteiger partial charge < -0.3 is 20.4 Å². The summed E-state index contributed by atoms with van der Waals surface area (Å²) in [4.78, 5) is 35.2. The minimum atomic E-state index is -0.312. The van der Waals surface area contributed by atoms with E-state index >= 15 is 0 Å². The first-order valence-electron chi connectivity index (χ1n) is 7.95. The van der Waals surface area contributed by atoms with Crippen LogP contribution in [0.1, 0.15) is 28.1 Å². The highest BCUT2D eigenvalue weighted by atomic mass is 16.3. The third-order valence-electron chi connectivity index (χ3n) is 3.40.